The molecule has 0 radical (unpaired) electrons. The molecular formula is C18H17N3. The van der Waals surface area contributed by atoms with E-state index in [1.54, 1.807) is 0 Å². The van der Waals surface area contributed by atoms with Crippen LogP contribution < -0.4 is 5.73 Å². The fourth-order valence-electron chi connectivity index (χ4n) is 3.29. The number of imidazole rings is 1. The van der Waals surface area contributed by atoms with Gasteiger partial charge in [-0.05, 0) is 41.7 Å². The average Bonchev–Trinajstić information content (AvgIpc) is 3.13. The second-order valence-electron chi connectivity index (χ2n) is 5.56. The van der Waals surface area contributed by atoms with Crippen LogP contribution in [0, 0.1) is 0 Å². The Bertz CT molecular complexity index is 774. The number of rotatable bonds is 2. The standard InChI is InChI=1S/C18H17N3/c19-15-7-8-16-14(10-15)6-9-17(16)21-12-20-11-18(21)13-4-2-1-3-5-13/h1-5,7-8,10-12,17H,6,9,19H2. The number of hydrogen-bond donors (Lipinski definition) is 1. The minimum absolute atomic E-state index is 0.360. The van der Waals surface area contributed by atoms with Gasteiger partial charge in [0, 0.05) is 5.69 Å². The summed E-state index contributed by atoms with van der Waals surface area (Å²) in [6.45, 7) is 0. The number of nitrogens with two attached hydrogens (primary N) is 1. The molecule has 2 aromatic carbocycles. The van der Waals surface area contributed by atoms with Crippen LogP contribution >= 0.6 is 0 Å². The lowest BCUT2D eigenvalue weighted by Gasteiger charge is -2.17. The quantitative estimate of drug-likeness (QED) is 0.725. The highest BCUT2D eigenvalue weighted by atomic mass is 15.1. The first-order valence-electron chi connectivity index (χ1n) is 7.28. The predicted octanol–water partition coefficient (Wildman–Crippen LogP) is 3.67. The predicted molar refractivity (Wildman–Crippen MR) is 85.0 cm³/mol. The van der Waals surface area contributed by atoms with Gasteiger partial charge in [-0.15, -0.1) is 0 Å². The van der Waals surface area contributed by atoms with Crippen molar-refractivity contribution in [2.75, 3.05) is 5.73 Å². The van der Waals surface area contributed by atoms with E-state index in [0.29, 0.717) is 6.04 Å². The summed E-state index contributed by atoms with van der Waals surface area (Å²) >= 11 is 0. The van der Waals surface area contributed by atoms with Gasteiger partial charge in [0.05, 0.1) is 24.3 Å². The van der Waals surface area contributed by atoms with E-state index in [9.17, 15) is 0 Å². The summed E-state index contributed by atoms with van der Waals surface area (Å²) < 4.78 is 2.29. The zero-order valence-electron chi connectivity index (χ0n) is 11.7. The van der Waals surface area contributed by atoms with Crippen molar-refractivity contribution in [2.45, 2.75) is 18.9 Å². The molecule has 0 saturated heterocycles. The van der Waals surface area contributed by atoms with Crippen LogP contribution in [0.5, 0.6) is 0 Å². The van der Waals surface area contributed by atoms with Crippen LogP contribution in [-0.2, 0) is 6.42 Å². The molecule has 3 nitrogen and oxygen atoms in total. The summed E-state index contributed by atoms with van der Waals surface area (Å²) in [5.74, 6) is 0. The number of aryl methyl sites for hydroxylation is 1. The van der Waals surface area contributed by atoms with Crippen molar-refractivity contribution >= 4 is 5.69 Å². The third kappa shape index (κ3) is 2.02. The van der Waals surface area contributed by atoms with Crippen molar-refractivity contribution in [1.82, 2.24) is 9.55 Å². The summed E-state index contributed by atoms with van der Waals surface area (Å²) in [7, 11) is 0. The number of hydrogen-bond acceptors (Lipinski definition) is 2. The monoisotopic (exact) mass is 275 g/mol. The average molecular weight is 275 g/mol. The lowest BCUT2D eigenvalue weighted by atomic mass is 10.1. The van der Waals surface area contributed by atoms with Crippen LogP contribution in [0.1, 0.15) is 23.6 Å². The Labute approximate surface area is 124 Å². The summed E-state index contributed by atoms with van der Waals surface area (Å²) in [6, 6.07) is 17.1. The summed E-state index contributed by atoms with van der Waals surface area (Å²) in [5, 5.41) is 0. The van der Waals surface area contributed by atoms with Gasteiger partial charge in [0.1, 0.15) is 0 Å². The van der Waals surface area contributed by atoms with E-state index in [-0.39, 0.29) is 0 Å². The van der Waals surface area contributed by atoms with Gasteiger partial charge >= 0.3 is 0 Å². The number of anilines is 1. The Morgan fingerprint density at radius 2 is 1.95 bits per heavy atom. The minimum Gasteiger partial charge on any atom is -0.399 e. The van der Waals surface area contributed by atoms with Gasteiger partial charge in [0.25, 0.3) is 0 Å². The zero-order chi connectivity index (χ0) is 14.2. The van der Waals surface area contributed by atoms with E-state index in [0.717, 1.165) is 18.5 Å². The van der Waals surface area contributed by atoms with Crippen molar-refractivity contribution < 1.29 is 0 Å². The molecule has 0 spiro atoms. The second-order valence-corrected chi connectivity index (χ2v) is 5.56. The smallest absolute Gasteiger partial charge is 0.0956 e. The maximum absolute atomic E-state index is 5.90. The van der Waals surface area contributed by atoms with E-state index < -0.39 is 0 Å². The van der Waals surface area contributed by atoms with Gasteiger partial charge in [-0.1, -0.05) is 36.4 Å². The van der Waals surface area contributed by atoms with Crippen molar-refractivity contribution in [3.63, 3.8) is 0 Å². The van der Waals surface area contributed by atoms with Crippen LogP contribution in [0.4, 0.5) is 5.69 Å². The van der Waals surface area contributed by atoms with Gasteiger partial charge in [-0.2, -0.15) is 0 Å². The molecule has 1 unspecified atom stereocenters. The van der Waals surface area contributed by atoms with Crippen LogP contribution in [0.25, 0.3) is 11.3 Å². The fourth-order valence-corrected chi connectivity index (χ4v) is 3.29. The fraction of sp³-hybridized carbons (Fsp3) is 0.167. The van der Waals surface area contributed by atoms with Crippen molar-refractivity contribution in [3.8, 4) is 11.3 Å². The molecule has 0 saturated carbocycles. The molecule has 21 heavy (non-hydrogen) atoms. The second kappa shape index (κ2) is 4.77. The number of nitrogens with zero attached hydrogens (tertiary/aromatic N) is 2. The molecule has 104 valence electrons. The molecule has 1 atom stereocenters. The Balaban J connectivity index is 1.79. The van der Waals surface area contributed by atoms with Gasteiger partial charge in [-0.3, -0.25) is 0 Å². The Morgan fingerprint density at radius 3 is 2.81 bits per heavy atom. The largest absolute Gasteiger partial charge is 0.399 e. The number of nitrogen functional groups attached to an aromatic ring is 1. The lowest BCUT2D eigenvalue weighted by Crippen LogP contribution is -2.07. The minimum atomic E-state index is 0.360. The molecule has 4 rings (SSSR count). The maximum atomic E-state index is 5.90. The molecule has 1 heterocycles. The Morgan fingerprint density at radius 1 is 1.10 bits per heavy atom. The molecule has 0 aliphatic heterocycles. The van der Waals surface area contributed by atoms with Crippen LogP contribution in [0.3, 0.4) is 0 Å². The van der Waals surface area contributed by atoms with Gasteiger partial charge in [-0.25, -0.2) is 4.98 Å². The van der Waals surface area contributed by atoms with E-state index in [1.807, 2.05) is 24.7 Å². The first kappa shape index (κ1) is 12.2. The van der Waals surface area contributed by atoms with Crippen LogP contribution in [0.15, 0.2) is 61.1 Å². The molecule has 2 N–H and O–H groups in total. The van der Waals surface area contributed by atoms with E-state index in [4.69, 9.17) is 5.73 Å². The Hall–Kier alpha value is -2.55. The van der Waals surface area contributed by atoms with Crippen molar-refractivity contribution in [3.05, 3.63) is 72.2 Å². The van der Waals surface area contributed by atoms with Crippen LogP contribution in [-0.4, -0.2) is 9.55 Å². The van der Waals surface area contributed by atoms with Crippen molar-refractivity contribution in [1.29, 1.82) is 0 Å². The van der Waals surface area contributed by atoms with Gasteiger partial charge in [0.15, 0.2) is 0 Å². The van der Waals surface area contributed by atoms with E-state index >= 15 is 0 Å². The van der Waals surface area contributed by atoms with E-state index in [2.05, 4.69) is 45.9 Å². The molecule has 0 amide bonds. The summed E-state index contributed by atoms with van der Waals surface area (Å²) in [6.07, 6.45) is 6.08. The summed E-state index contributed by atoms with van der Waals surface area (Å²) in [5.41, 5.74) is 11.9. The molecule has 3 heteroatoms. The third-order valence-corrected chi connectivity index (χ3v) is 4.28. The Kier molecular flexibility index (Phi) is 2.78. The van der Waals surface area contributed by atoms with Crippen molar-refractivity contribution in [2.24, 2.45) is 0 Å². The number of benzene rings is 2. The summed E-state index contributed by atoms with van der Waals surface area (Å²) in [4.78, 5) is 4.37. The third-order valence-electron chi connectivity index (χ3n) is 4.28. The molecular weight excluding hydrogens is 258 g/mol. The van der Waals surface area contributed by atoms with Gasteiger partial charge in [0.2, 0.25) is 0 Å². The molecule has 1 aliphatic rings. The highest BCUT2D eigenvalue weighted by Gasteiger charge is 2.25. The van der Waals surface area contributed by atoms with E-state index in [1.165, 1.54) is 22.4 Å². The van der Waals surface area contributed by atoms with Crippen LogP contribution in [0.2, 0.25) is 0 Å². The zero-order valence-corrected chi connectivity index (χ0v) is 11.7. The molecule has 1 aliphatic carbocycles. The SMILES string of the molecule is Nc1ccc2c(c1)CCC2n1cncc1-c1ccccc1. The first-order chi connectivity index (χ1) is 10.3. The maximum Gasteiger partial charge on any atom is 0.0956 e. The highest BCUT2D eigenvalue weighted by Crippen LogP contribution is 2.37. The topological polar surface area (TPSA) is 43.8 Å². The highest BCUT2D eigenvalue weighted by molar-refractivity contribution is 5.59. The molecule has 0 bridgehead atoms. The molecule has 1 aromatic heterocycles. The molecule has 0 fully saturated rings. The first-order valence-corrected chi connectivity index (χ1v) is 7.28. The van der Waals surface area contributed by atoms with Gasteiger partial charge < -0.3 is 10.3 Å². The molecule has 3 aromatic rings. The number of fused-ring (bicyclic) bond motifs is 1. The number of aromatic nitrogens is 2. The normalized spacial score (nSPS) is 16.9. The lowest BCUT2D eigenvalue weighted by molar-refractivity contribution is 0.584.